The second kappa shape index (κ2) is 3.60. The molecular formula is C8H4FNO3. The van der Waals surface area contributed by atoms with Crippen LogP contribution in [-0.4, -0.2) is 17.2 Å². The van der Waals surface area contributed by atoms with Gasteiger partial charge in [-0.3, -0.25) is 0 Å². The van der Waals surface area contributed by atoms with Gasteiger partial charge in [0.15, 0.2) is 0 Å². The highest BCUT2D eigenvalue weighted by Gasteiger charge is 2.14. The molecule has 1 aromatic rings. The highest BCUT2D eigenvalue weighted by molar-refractivity contribution is 5.94. The maximum Gasteiger partial charge on any atom is 0.340 e. The van der Waals surface area contributed by atoms with Gasteiger partial charge in [-0.15, -0.1) is 0 Å². The van der Waals surface area contributed by atoms with Crippen molar-refractivity contribution in [2.45, 2.75) is 0 Å². The van der Waals surface area contributed by atoms with Crippen LogP contribution in [0.25, 0.3) is 0 Å². The molecule has 0 radical (unpaired) electrons. The normalized spacial score (nSPS) is 9.00. The summed E-state index contributed by atoms with van der Waals surface area (Å²) in [6.07, 6.45) is 1.15. The first-order chi connectivity index (χ1) is 6.16. The predicted octanol–water partition coefficient (Wildman–Crippen LogP) is 1.49. The van der Waals surface area contributed by atoms with E-state index in [1.165, 1.54) is 12.1 Å². The quantitative estimate of drug-likeness (QED) is 0.555. The minimum absolute atomic E-state index is 0.234. The van der Waals surface area contributed by atoms with Gasteiger partial charge in [-0.2, -0.15) is 4.99 Å². The molecule has 0 saturated heterocycles. The number of hydrogen-bond donors (Lipinski definition) is 1. The van der Waals surface area contributed by atoms with Crippen molar-refractivity contribution in [2.24, 2.45) is 4.99 Å². The molecule has 66 valence electrons. The number of isocyanates is 1. The largest absolute Gasteiger partial charge is 0.478 e. The molecule has 0 bridgehead atoms. The van der Waals surface area contributed by atoms with Crippen LogP contribution in [0.15, 0.2) is 23.2 Å². The summed E-state index contributed by atoms with van der Waals surface area (Å²) in [7, 11) is 0. The van der Waals surface area contributed by atoms with Gasteiger partial charge in [-0.1, -0.05) is 6.07 Å². The van der Waals surface area contributed by atoms with Crippen LogP contribution in [0.1, 0.15) is 10.4 Å². The van der Waals surface area contributed by atoms with E-state index in [1.807, 2.05) is 0 Å². The molecule has 0 aromatic heterocycles. The zero-order valence-corrected chi connectivity index (χ0v) is 6.32. The van der Waals surface area contributed by atoms with Crippen molar-refractivity contribution in [3.63, 3.8) is 0 Å². The molecule has 0 heterocycles. The SMILES string of the molecule is O=C=Nc1cccc(F)c1C(=O)O. The average molecular weight is 181 g/mol. The van der Waals surface area contributed by atoms with E-state index in [2.05, 4.69) is 4.99 Å². The Morgan fingerprint density at radius 3 is 2.77 bits per heavy atom. The van der Waals surface area contributed by atoms with Gasteiger partial charge in [0.2, 0.25) is 6.08 Å². The van der Waals surface area contributed by atoms with Crippen LogP contribution in [0.3, 0.4) is 0 Å². The van der Waals surface area contributed by atoms with Gasteiger partial charge in [-0.25, -0.2) is 14.0 Å². The lowest BCUT2D eigenvalue weighted by molar-refractivity contribution is 0.0693. The Kier molecular flexibility index (Phi) is 2.52. The van der Waals surface area contributed by atoms with Crippen molar-refractivity contribution in [1.29, 1.82) is 0 Å². The molecule has 0 aliphatic rings. The number of hydrogen-bond acceptors (Lipinski definition) is 3. The van der Waals surface area contributed by atoms with E-state index < -0.39 is 17.3 Å². The number of aliphatic imine (C=N–C) groups is 1. The van der Waals surface area contributed by atoms with Crippen molar-refractivity contribution < 1.29 is 19.1 Å². The molecule has 0 unspecified atom stereocenters. The van der Waals surface area contributed by atoms with E-state index >= 15 is 0 Å². The van der Waals surface area contributed by atoms with Gasteiger partial charge in [0, 0.05) is 0 Å². The fourth-order valence-electron chi connectivity index (χ4n) is 0.867. The highest BCUT2D eigenvalue weighted by Crippen LogP contribution is 2.20. The standard InChI is InChI=1S/C8H4FNO3/c9-5-2-1-3-6(10-4-11)7(5)8(12)13/h1-3H,(H,12,13). The summed E-state index contributed by atoms with van der Waals surface area (Å²) >= 11 is 0. The molecule has 0 fully saturated rings. The van der Waals surface area contributed by atoms with E-state index in [-0.39, 0.29) is 5.69 Å². The first kappa shape index (κ1) is 9.09. The third kappa shape index (κ3) is 1.77. The number of carboxylic acid groups (broad SMARTS) is 1. The molecule has 5 heteroatoms. The van der Waals surface area contributed by atoms with Crippen LogP contribution in [-0.2, 0) is 4.79 Å². The molecule has 0 spiro atoms. The summed E-state index contributed by atoms with van der Waals surface area (Å²) in [6, 6.07) is 3.46. The fraction of sp³-hybridized carbons (Fsp3) is 0. The summed E-state index contributed by atoms with van der Waals surface area (Å²) < 4.78 is 12.9. The summed E-state index contributed by atoms with van der Waals surface area (Å²) in [6.45, 7) is 0. The van der Waals surface area contributed by atoms with Crippen molar-refractivity contribution >= 4 is 17.7 Å². The summed E-state index contributed by atoms with van der Waals surface area (Å²) in [5, 5.41) is 8.54. The molecule has 0 saturated carbocycles. The summed E-state index contributed by atoms with van der Waals surface area (Å²) in [4.78, 5) is 23.4. The topological polar surface area (TPSA) is 66.7 Å². The number of carbonyl (C=O) groups excluding carboxylic acids is 1. The number of halogens is 1. The molecule has 0 aliphatic heterocycles. The lowest BCUT2D eigenvalue weighted by Crippen LogP contribution is -2.00. The zero-order chi connectivity index (χ0) is 9.84. The Morgan fingerprint density at radius 2 is 2.23 bits per heavy atom. The Bertz CT molecular complexity index is 396. The van der Waals surface area contributed by atoms with Crippen LogP contribution < -0.4 is 0 Å². The van der Waals surface area contributed by atoms with Gasteiger partial charge < -0.3 is 5.11 Å². The van der Waals surface area contributed by atoms with Crippen molar-refractivity contribution in [3.05, 3.63) is 29.6 Å². The first-order valence-corrected chi connectivity index (χ1v) is 3.26. The van der Waals surface area contributed by atoms with Crippen LogP contribution in [0.2, 0.25) is 0 Å². The number of carbonyl (C=O) groups is 1. The van der Waals surface area contributed by atoms with Crippen molar-refractivity contribution in [2.75, 3.05) is 0 Å². The minimum atomic E-state index is -1.47. The van der Waals surface area contributed by atoms with Gasteiger partial charge in [0.05, 0.1) is 5.69 Å². The maximum atomic E-state index is 12.9. The number of aromatic carboxylic acids is 1. The predicted molar refractivity (Wildman–Crippen MR) is 41.1 cm³/mol. The van der Waals surface area contributed by atoms with E-state index in [4.69, 9.17) is 5.11 Å². The monoisotopic (exact) mass is 181 g/mol. The number of carboxylic acids is 1. The molecular weight excluding hydrogens is 177 g/mol. The smallest absolute Gasteiger partial charge is 0.340 e. The van der Waals surface area contributed by atoms with Crippen molar-refractivity contribution in [3.8, 4) is 0 Å². The molecule has 4 nitrogen and oxygen atoms in total. The molecule has 0 atom stereocenters. The average Bonchev–Trinajstić information content (AvgIpc) is 2.04. The fourth-order valence-corrected chi connectivity index (χ4v) is 0.867. The van der Waals surface area contributed by atoms with Crippen LogP contribution in [0, 0.1) is 5.82 Å². The van der Waals surface area contributed by atoms with Crippen LogP contribution >= 0.6 is 0 Å². The van der Waals surface area contributed by atoms with Gasteiger partial charge >= 0.3 is 5.97 Å². The Morgan fingerprint density at radius 1 is 1.54 bits per heavy atom. The van der Waals surface area contributed by atoms with Gasteiger partial charge in [0.1, 0.15) is 11.4 Å². The number of benzene rings is 1. The minimum Gasteiger partial charge on any atom is -0.478 e. The third-order valence-electron chi connectivity index (χ3n) is 1.37. The van der Waals surface area contributed by atoms with E-state index in [9.17, 15) is 14.0 Å². The maximum absolute atomic E-state index is 12.9. The molecule has 0 amide bonds. The molecule has 13 heavy (non-hydrogen) atoms. The number of nitrogens with zero attached hydrogens (tertiary/aromatic N) is 1. The second-order valence-electron chi connectivity index (χ2n) is 2.14. The second-order valence-corrected chi connectivity index (χ2v) is 2.14. The first-order valence-electron chi connectivity index (χ1n) is 3.26. The lowest BCUT2D eigenvalue weighted by atomic mass is 10.2. The molecule has 1 aromatic carbocycles. The molecule has 1 N–H and O–H groups in total. The van der Waals surface area contributed by atoms with E-state index in [0.29, 0.717) is 0 Å². The Balaban J connectivity index is 3.42. The van der Waals surface area contributed by atoms with Crippen LogP contribution in [0.4, 0.5) is 10.1 Å². The Labute approximate surface area is 72.3 Å². The van der Waals surface area contributed by atoms with Crippen LogP contribution in [0.5, 0.6) is 0 Å². The zero-order valence-electron chi connectivity index (χ0n) is 6.32. The lowest BCUT2D eigenvalue weighted by Gasteiger charge is -1.98. The highest BCUT2D eigenvalue weighted by atomic mass is 19.1. The molecule has 0 aliphatic carbocycles. The number of rotatable bonds is 2. The van der Waals surface area contributed by atoms with Gasteiger partial charge in [0.25, 0.3) is 0 Å². The molecule has 1 rings (SSSR count). The van der Waals surface area contributed by atoms with Crippen molar-refractivity contribution in [1.82, 2.24) is 0 Å². The Hall–Kier alpha value is -2.00. The van der Waals surface area contributed by atoms with Gasteiger partial charge in [-0.05, 0) is 12.1 Å². The van der Waals surface area contributed by atoms with E-state index in [1.54, 1.807) is 0 Å². The third-order valence-corrected chi connectivity index (χ3v) is 1.37. The summed E-state index contributed by atoms with van der Waals surface area (Å²) in [5.74, 6) is -2.39. The van der Waals surface area contributed by atoms with E-state index in [0.717, 1.165) is 12.1 Å². The summed E-state index contributed by atoms with van der Waals surface area (Å²) in [5.41, 5.74) is -0.853.